The molecule has 2 heterocycles. The summed E-state index contributed by atoms with van der Waals surface area (Å²) in [6.07, 6.45) is 1.89. The Morgan fingerprint density at radius 2 is 1.65 bits per heavy atom. The third-order valence-electron chi connectivity index (χ3n) is 4.87. The van der Waals surface area contributed by atoms with Gasteiger partial charge in [-0.25, -0.2) is 0 Å². The zero-order chi connectivity index (χ0) is 17.6. The summed E-state index contributed by atoms with van der Waals surface area (Å²) in [6.45, 7) is 0.867. The van der Waals surface area contributed by atoms with Gasteiger partial charge in [0.1, 0.15) is 0 Å². The molecule has 1 saturated heterocycles. The predicted molar refractivity (Wildman–Crippen MR) is 104 cm³/mol. The number of hydrogen-bond donors (Lipinski definition) is 1. The molecular weight excluding hydrogens is 395 g/mol. The standard InChI is InChI=1S/C19H16Cl2N2O2.ClH/c20-14-8-7-11(10-15(14)21)17(16-6-3-9-22-16)23-18(24)12-4-1-2-5-13(12)19(23)25;/h1-2,4-5,7-8,10,16-17,22H,3,6,9H2;1H/t16-,17+;/m1./s1. The monoisotopic (exact) mass is 410 g/mol. The molecule has 0 aromatic heterocycles. The topological polar surface area (TPSA) is 49.4 Å². The fourth-order valence-corrected chi connectivity index (χ4v) is 4.01. The summed E-state index contributed by atoms with van der Waals surface area (Å²) in [5.41, 5.74) is 1.72. The number of rotatable bonds is 3. The molecule has 2 aromatic rings. The molecule has 4 nitrogen and oxygen atoms in total. The summed E-state index contributed by atoms with van der Waals surface area (Å²) < 4.78 is 0. The number of imide groups is 1. The second-order valence-electron chi connectivity index (χ2n) is 6.35. The summed E-state index contributed by atoms with van der Waals surface area (Å²) in [7, 11) is 0. The second-order valence-corrected chi connectivity index (χ2v) is 7.16. The van der Waals surface area contributed by atoms with Crippen molar-refractivity contribution < 1.29 is 9.59 Å². The van der Waals surface area contributed by atoms with Crippen molar-refractivity contribution >= 4 is 47.4 Å². The predicted octanol–water partition coefficient (Wildman–Crippen LogP) is 4.50. The van der Waals surface area contributed by atoms with E-state index in [1.165, 1.54) is 4.90 Å². The smallest absolute Gasteiger partial charge is 0.262 e. The van der Waals surface area contributed by atoms with E-state index in [1.807, 2.05) is 6.07 Å². The van der Waals surface area contributed by atoms with E-state index in [0.29, 0.717) is 21.2 Å². The summed E-state index contributed by atoms with van der Waals surface area (Å²) in [4.78, 5) is 27.3. The lowest BCUT2D eigenvalue weighted by atomic mass is 9.96. The Morgan fingerprint density at radius 1 is 1.00 bits per heavy atom. The molecule has 0 aliphatic carbocycles. The summed E-state index contributed by atoms with van der Waals surface area (Å²) in [6, 6.07) is 11.8. The van der Waals surface area contributed by atoms with Gasteiger partial charge in [-0.3, -0.25) is 14.5 Å². The zero-order valence-corrected chi connectivity index (χ0v) is 16.1. The number of carbonyl (C=O) groups is 2. The van der Waals surface area contributed by atoms with Gasteiger partial charge >= 0.3 is 0 Å². The van der Waals surface area contributed by atoms with E-state index in [2.05, 4.69) is 5.32 Å². The molecule has 0 saturated carbocycles. The van der Waals surface area contributed by atoms with Gasteiger partial charge in [0.15, 0.2) is 0 Å². The third kappa shape index (κ3) is 3.12. The minimum Gasteiger partial charge on any atom is -0.312 e. The van der Waals surface area contributed by atoms with Crippen LogP contribution in [-0.2, 0) is 0 Å². The molecule has 0 unspecified atom stereocenters. The minimum atomic E-state index is -0.412. The molecule has 1 N–H and O–H groups in total. The summed E-state index contributed by atoms with van der Waals surface area (Å²) in [5, 5.41) is 4.28. The van der Waals surface area contributed by atoms with Crippen molar-refractivity contribution in [1.29, 1.82) is 0 Å². The Bertz CT molecular complexity index is 831. The van der Waals surface area contributed by atoms with Crippen molar-refractivity contribution in [2.75, 3.05) is 6.54 Å². The van der Waals surface area contributed by atoms with Crippen LogP contribution in [0.2, 0.25) is 10.0 Å². The Labute approximate surface area is 167 Å². The van der Waals surface area contributed by atoms with Crippen molar-refractivity contribution in [3.05, 3.63) is 69.2 Å². The quantitative estimate of drug-likeness (QED) is 0.756. The van der Waals surface area contributed by atoms with E-state index < -0.39 is 6.04 Å². The van der Waals surface area contributed by atoms with Crippen LogP contribution in [-0.4, -0.2) is 29.3 Å². The third-order valence-corrected chi connectivity index (χ3v) is 5.61. The lowest BCUT2D eigenvalue weighted by Crippen LogP contribution is -2.44. The lowest BCUT2D eigenvalue weighted by molar-refractivity contribution is 0.0550. The van der Waals surface area contributed by atoms with E-state index >= 15 is 0 Å². The van der Waals surface area contributed by atoms with E-state index in [1.54, 1.807) is 36.4 Å². The van der Waals surface area contributed by atoms with Gasteiger partial charge in [-0.1, -0.05) is 41.4 Å². The van der Waals surface area contributed by atoms with Crippen LogP contribution < -0.4 is 5.32 Å². The molecule has 2 amide bonds. The Balaban J connectivity index is 0.00000196. The van der Waals surface area contributed by atoms with Gasteiger partial charge in [0.25, 0.3) is 11.8 Å². The maximum Gasteiger partial charge on any atom is 0.262 e. The van der Waals surface area contributed by atoms with Gasteiger partial charge in [0, 0.05) is 6.04 Å². The number of nitrogens with one attached hydrogen (secondary N) is 1. The Hall–Kier alpha value is -1.59. The fourth-order valence-electron chi connectivity index (χ4n) is 3.70. The van der Waals surface area contributed by atoms with Crippen LogP contribution in [0.3, 0.4) is 0 Å². The van der Waals surface area contributed by atoms with Crippen LogP contribution in [0.5, 0.6) is 0 Å². The second kappa shape index (κ2) is 7.57. The van der Waals surface area contributed by atoms with Crippen molar-refractivity contribution in [2.24, 2.45) is 0 Å². The first kappa shape index (κ1) is 19.2. The summed E-state index contributed by atoms with van der Waals surface area (Å²) in [5.74, 6) is -0.518. The molecule has 1 fully saturated rings. The fraction of sp³-hybridized carbons (Fsp3) is 0.263. The van der Waals surface area contributed by atoms with Crippen molar-refractivity contribution in [2.45, 2.75) is 24.9 Å². The first-order valence-electron chi connectivity index (χ1n) is 8.23. The van der Waals surface area contributed by atoms with Gasteiger partial charge < -0.3 is 5.32 Å². The van der Waals surface area contributed by atoms with Crippen LogP contribution in [0.1, 0.15) is 45.2 Å². The maximum absolute atomic E-state index is 12.9. The van der Waals surface area contributed by atoms with E-state index in [4.69, 9.17) is 23.2 Å². The molecule has 136 valence electrons. The highest BCUT2D eigenvalue weighted by molar-refractivity contribution is 6.42. The van der Waals surface area contributed by atoms with Crippen LogP contribution in [0, 0.1) is 0 Å². The average Bonchev–Trinajstić information content (AvgIpc) is 3.22. The highest BCUT2D eigenvalue weighted by atomic mass is 35.5. The molecule has 0 spiro atoms. The van der Waals surface area contributed by atoms with Gasteiger partial charge in [0.2, 0.25) is 0 Å². The highest BCUT2D eigenvalue weighted by Crippen LogP contribution is 2.37. The van der Waals surface area contributed by atoms with E-state index in [-0.39, 0.29) is 30.3 Å². The number of carbonyl (C=O) groups excluding carboxylic acids is 2. The van der Waals surface area contributed by atoms with Crippen LogP contribution in [0.25, 0.3) is 0 Å². The first-order valence-corrected chi connectivity index (χ1v) is 8.99. The van der Waals surface area contributed by atoms with E-state index in [0.717, 1.165) is 24.9 Å². The number of hydrogen-bond acceptors (Lipinski definition) is 3. The Kier molecular flexibility index (Phi) is 5.58. The minimum absolute atomic E-state index is 0. The van der Waals surface area contributed by atoms with Crippen LogP contribution >= 0.6 is 35.6 Å². The number of nitrogens with zero attached hydrogens (tertiary/aromatic N) is 1. The molecule has 2 aliphatic heterocycles. The molecule has 7 heteroatoms. The Morgan fingerprint density at radius 3 is 2.19 bits per heavy atom. The SMILES string of the molecule is Cl.O=C1c2ccccc2C(=O)N1[C@@H](c1ccc(Cl)c(Cl)c1)[C@H]1CCCN1. The number of fused-ring (bicyclic) bond motifs is 1. The maximum atomic E-state index is 12.9. The largest absolute Gasteiger partial charge is 0.312 e. The van der Waals surface area contributed by atoms with Gasteiger partial charge in [-0.15, -0.1) is 12.4 Å². The van der Waals surface area contributed by atoms with Gasteiger partial charge in [-0.2, -0.15) is 0 Å². The van der Waals surface area contributed by atoms with E-state index in [9.17, 15) is 9.59 Å². The van der Waals surface area contributed by atoms with Crippen molar-refractivity contribution in [1.82, 2.24) is 10.2 Å². The molecule has 2 aromatic carbocycles. The van der Waals surface area contributed by atoms with Crippen LogP contribution in [0.15, 0.2) is 42.5 Å². The normalized spacial score (nSPS) is 20.1. The average molecular weight is 412 g/mol. The lowest BCUT2D eigenvalue weighted by Gasteiger charge is -2.32. The van der Waals surface area contributed by atoms with Crippen LogP contribution in [0.4, 0.5) is 0 Å². The molecule has 26 heavy (non-hydrogen) atoms. The molecule has 0 bridgehead atoms. The molecule has 2 aliphatic rings. The molecule has 0 radical (unpaired) electrons. The summed E-state index contributed by atoms with van der Waals surface area (Å²) >= 11 is 12.2. The van der Waals surface area contributed by atoms with Gasteiger partial charge in [0.05, 0.1) is 27.2 Å². The van der Waals surface area contributed by atoms with Crippen molar-refractivity contribution in [3.8, 4) is 0 Å². The molecular formula is C19H17Cl3N2O2. The highest BCUT2D eigenvalue weighted by Gasteiger charge is 2.44. The number of benzene rings is 2. The zero-order valence-electron chi connectivity index (χ0n) is 13.7. The molecule has 2 atom stereocenters. The van der Waals surface area contributed by atoms with Gasteiger partial charge in [-0.05, 0) is 49.2 Å². The van der Waals surface area contributed by atoms with Crippen molar-refractivity contribution in [3.63, 3.8) is 0 Å². The number of amides is 2. The first-order chi connectivity index (χ1) is 12.1. The number of halogens is 3. The molecule has 4 rings (SSSR count).